The van der Waals surface area contributed by atoms with Gasteiger partial charge in [0.2, 0.25) is 10.0 Å². The lowest BCUT2D eigenvalue weighted by atomic mass is 10.1. The van der Waals surface area contributed by atoms with Gasteiger partial charge in [-0.05, 0) is 66.1 Å². The van der Waals surface area contributed by atoms with Gasteiger partial charge < -0.3 is 10.1 Å². The molecule has 0 atom stereocenters. The van der Waals surface area contributed by atoms with Gasteiger partial charge in [-0.3, -0.25) is 9.10 Å². The number of halogens is 1. The van der Waals surface area contributed by atoms with E-state index in [9.17, 15) is 13.2 Å². The molecule has 1 amide bonds. The second kappa shape index (κ2) is 11.9. The van der Waals surface area contributed by atoms with Crippen molar-refractivity contribution in [1.82, 2.24) is 5.32 Å². The lowest BCUT2D eigenvalue weighted by Crippen LogP contribution is -2.29. The van der Waals surface area contributed by atoms with Crippen LogP contribution >= 0.6 is 11.6 Å². The van der Waals surface area contributed by atoms with Crippen LogP contribution < -0.4 is 14.4 Å². The predicted octanol–water partition coefficient (Wildman–Crippen LogP) is 5.07. The molecule has 6 nitrogen and oxygen atoms in total. The van der Waals surface area contributed by atoms with Gasteiger partial charge in [0.1, 0.15) is 12.4 Å². The highest BCUT2D eigenvalue weighted by Gasteiger charge is 2.18. The Bertz CT molecular complexity index is 1180. The van der Waals surface area contributed by atoms with E-state index >= 15 is 0 Å². The van der Waals surface area contributed by atoms with Gasteiger partial charge in [-0.2, -0.15) is 0 Å². The molecule has 0 saturated heterocycles. The van der Waals surface area contributed by atoms with Crippen molar-refractivity contribution in [3.8, 4) is 5.75 Å². The first-order valence-electron chi connectivity index (χ1n) is 11.1. The molecule has 0 unspecified atom stereocenters. The summed E-state index contributed by atoms with van der Waals surface area (Å²) in [6.07, 6.45) is 3.30. The van der Waals surface area contributed by atoms with Crippen molar-refractivity contribution in [3.05, 3.63) is 94.5 Å². The van der Waals surface area contributed by atoms with Crippen LogP contribution in [0.5, 0.6) is 5.75 Å². The van der Waals surface area contributed by atoms with E-state index in [1.165, 1.54) is 9.87 Å². The van der Waals surface area contributed by atoms with Gasteiger partial charge in [-0.1, -0.05) is 49.2 Å². The minimum absolute atomic E-state index is 0.146. The molecule has 34 heavy (non-hydrogen) atoms. The van der Waals surface area contributed by atoms with E-state index in [2.05, 4.69) is 24.4 Å². The zero-order valence-corrected chi connectivity index (χ0v) is 20.9. The highest BCUT2D eigenvalue weighted by molar-refractivity contribution is 7.92. The molecule has 0 heterocycles. The summed E-state index contributed by atoms with van der Waals surface area (Å²) in [5, 5.41) is 3.36. The third-order valence-corrected chi connectivity index (χ3v) is 6.57. The lowest BCUT2D eigenvalue weighted by molar-refractivity contribution is 0.0947. The number of carbonyl (C=O) groups excluding carboxylic acids is 1. The number of nitrogens with zero attached hydrogens (tertiary/aromatic N) is 1. The average molecular weight is 501 g/mol. The molecular formula is C26H29ClN2O4S. The van der Waals surface area contributed by atoms with Crippen molar-refractivity contribution in [2.75, 3.05) is 23.7 Å². The van der Waals surface area contributed by atoms with Crippen molar-refractivity contribution in [1.29, 1.82) is 0 Å². The summed E-state index contributed by atoms with van der Waals surface area (Å²) < 4.78 is 31.6. The van der Waals surface area contributed by atoms with Crippen LogP contribution in [0.15, 0.2) is 72.8 Å². The van der Waals surface area contributed by atoms with Crippen LogP contribution in [0.1, 0.15) is 34.8 Å². The molecule has 0 bridgehead atoms. The van der Waals surface area contributed by atoms with E-state index in [1.807, 2.05) is 12.1 Å². The molecule has 180 valence electrons. The molecule has 0 radical (unpaired) electrons. The Morgan fingerprint density at radius 2 is 1.56 bits per heavy atom. The van der Waals surface area contributed by atoms with Gasteiger partial charge in [0.15, 0.2) is 0 Å². The maximum atomic E-state index is 12.4. The van der Waals surface area contributed by atoms with Gasteiger partial charge in [-0.25, -0.2) is 8.42 Å². The number of carbonyl (C=O) groups is 1. The van der Waals surface area contributed by atoms with E-state index in [0.29, 0.717) is 29.4 Å². The highest BCUT2D eigenvalue weighted by Crippen LogP contribution is 2.23. The lowest BCUT2D eigenvalue weighted by Gasteiger charge is -2.22. The van der Waals surface area contributed by atoms with Crippen molar-refractivity contribution in [3.63, 3.8) is 0 Å². The van der Waals surface area contributed by atoms with Crippen molar-refractivity contribution in [2.24, 2.45) is 0 Å². The van der Waals surface area contributed by atoms with E-state index in [0.717, 1.165) is 30.4 Å². The number of rotatable bonds is 11. The SMILES string of the molecule is CCCc1ccc(OCCNC(=O)c2ccc(CN(c3ccc(Cl)cc3)S(C)(=O)=O)cc2)cc1. The molecule has 0 fully saturated rings. The second-order valence-electron chi connectivity index (χ2n) is 7.94. The zero-order valence-electron chi connectivity index (χ0n) is 19.3. The van der Waals surface area contributed by atoms with Gasteiger partial charge in [-0.15, -0.1) is 0 Å². The predicted molar refractivity (Wildman–Crippen MR) is 137 cm³/mol. The van der Waals surface area contributed by atoms with Crippen LogP contribution in [0.4, 0.5) is 5.69 Å². The summed E-state index contributed by atoms with van der Waals surface area (Å²) in [6, 6.07) is 21.5. The molecule has 0 aromatic heterocycles. The van der Waals surface area contributed by atoms with Crippen LogP contribution in [0.3, 0.4) is 0 Å². The smallest absolute Gasteiger partial charge is 0.251 e. The van der Waals surface area contributed by atoms with Crippen molar-refractivity contribution >= 4 is 33.2 Å². The third kappa shape index (κ3) is 7.50. The molecule has 0 aliphatic carbocycles. The number of amides is 1. The first kappa shape index (κ1) is 25.6. The van der Waals surface area contributed by atoms with E-state index in [1.54, 1.807) is 48.5 Å². The number of sulfonamides is 1. The number of hydrogen-bond acceptors (Lipinski definition) is 4. The van der Waals surface area contributed by atoms with E-state index in [-0.39, 0.29) is 12.5 Å². The van der Waals surface area contributed by atoms with Crippen LogP contribution in [-0.2, 0) is 23.0 Å². The Hall–Kier alpha value is -3.03. The monoisotopic (exact) mass is 500 g/mol. The Morgan fingerprint density at radius 3 is 2.15 bits per heavy atom. The molecule has 0 aliphatic rings. The molecule has 8 heteroatoms. The van der Waals surface area contributed by atoms with Gasteiger partial charge in [0, 0.05) is 10.6 Å². The molecule has 3 aromatic rings. The summed E-state index contributed by atoms with van der Waals surface area (Å²) in [7, 11) is -3.50. The molecule has 0 spiro atoms. The largest absolute Gasteiger partial charge is 0.492 e. The Balaban J connectivity index is 1.52. The van der Waals surface area contributed by atoms with Gasteiger partial charge in [0.05, 0.1) is 25.0 Å². The Labute approximate surface area is 206 Å². The standard InChI is InChI=1S/C26H29ClN2O4S/c1-3-4-20-7-15-25(16-8-20)33-18-17-28-26(30)22-9-5-21(6-10-22)19-29(34(2,31)32)24-13-11-23(27)12-14-24/h5-16H,3-4,17-19H2,1-2H3,(H,28,30). The van der Waals surface area contributed by atoms with E-state index in [4.69, 9.17) is 16.3 Å². The average Bonchev–Trinajstić information content (AvgIpc) is 2.82. The summed E-state index contributed by atoms with van der Waals surface area (Å²) >= 11 is 5.92. The maximum absolute atomic E-state index is 12.4. The fourth-order valence-electron chi connectivity index (χ4n) is 3.41. The van der Waals surface area contributed by atoms with Crippen molar-refractivity contribution < 1.29 is 17.9 Å². The number of anilines is 1. The fraction of sp³-hybridized carbons (Fsp3) is 0.269. The molecule has 0 saturated carbocycles. The number of aryl methyl sites for hydroxylation is 1. The molecular weight excluding hydrogens is 472 g/mol. The van der Waals surface area contributed by atoms with E-state index < -0.39 is 10.0 Å². The Kier molecular flexibility index (Phi) is 8.96. The maximum Gasteiger partial charge on any atom is 0.251 e. The fourth-order valence-corrected chi connectivity index (χ4v) is 4.43. The number of ether oxygens (including phenoxy) is 1. The minimum Gasteiger partial charge on any atom is -0.492 e. The van der Waals surface area contributed by atoms with Crippen molar-refractivity contribution in [2.45, 2.75) is 26.3 Å². The van der Waals surface area contributed by atoms with Gasteiger partial charge in [0.25, 0.3) is 5.91 Å². The number of hydrogen-bond donors (Lipinski definition) is 1. The minimum atomic E-state index is -3.50. The number of benzene rings is 3. The summed E-state index contributed by atoms with van der Waals surface area (Å²) in [5.41, 5.74) is 3.05. The summed E-state index contributed by atoms with van der Waals surface area (Å²) in [4.78, 5) is 12.4. The highest BCUT2D eigenvalue weighted by atomic mass is 35.5. The molecule has 3 aromatic carbocycles. The molecule has 1 N–H and O–H groups in total. The second-order valence-corrected chi connectivity index (χ2v) is 10.3. The Morgan fingerprint density at radius 1 is 0.941 bits per heavy atom. The topological polar surface area (TPSA) is 75.7 Å². The van der Waals surface area contributed by atoms with Crippen LogP contribution in [0.25, 0.3) is 0 Å². The van der Waals surface area contributed by atoms with Gasteiger partial charge >= 0.3 is 0 Å². The zero-order chi connectivity index (χ0) is 24.6. The third-order valence-electron chi connectivity index (χ3n) is 5.18. The van der Waals surface area contributed by atoms with Crippen LogP contribution in [-0.4, -0.2) is 33.7 Å². The first-order chi connectivity index (χ1) is 16.3. The molecule has 3 rings (SSSR count). The van der Waals surface area contributed by atoms with Crippen LogP contribution in [0, 0.1) is 0 Å². The quantitative estimate of drug-likeness (QED) is 0.373. The first-order valence-corrected chi connectivity index (χ1v) is 13.3. The van der Waals surface area contributed by atoms with Crippen LogP contribution in [0.2, 0.25) is 5.02 Å². The number of nitrogens with one attached hydrogen (secondary N) is 1. The summed E-state index contributed by atoms with van der Waals surface area (Å²) in [6.45, 7) is 3.02. The normalized spacial score (nSPS) is 11.1. The summed E-state index contributed by atoms with van der Waals surface area (Å²) in [5.74, 6) is 0.556. The molecule has 0 aliphatic heterocycles.